The van der Waals surface area contributed by atoms with Crippen LogP contribution in [0.4, 0.5) is 37.7 Å². The van der Waals surface area contributed by atoms with Crippen molar-refractivity contribution in [2.24, 2.45) is 9.98 Å². The number of carbonyl (C=O) groups excluding carboxylic acids is 1. The number of carboxylic acid groups (broad SMARTS) is 1. The smallest absolute Gasteiger partial charge is 0.861 e. The van der Waals surface area contributed by atoms with E-state index in [4.69, 9.17) is 4.99 Å². The first kappa shape index (κ1) is 42.2. The minimum absolute atomic E-state index is 0. The third kappa shape index (κ3) is 9.29. The van der Waals surface area contributed by atoms with E-state index in [9.17, 15) is 41.4 Å². The van der Waals surface area contributed by atoms with E-state index in [1.54, 1.807) is 78.9 Å². The summed E-state index contributed by atoms with van der Waals surface area (Å²) >= 11 is 0. The fourth-order valence-corrected chi connectivity index (χ4v) is 7.70. The molecule has 0 N–H and O–H groups in total. The van der Waals surface area contributed by atoms with E-state index in [0.29, 0.717) is 53.9 Å². The molecular weight excluding hydrogens is 805 g/mol. The number of hydrogen-bond acceptors (Lipinski definition) is 7. The Morgan fingerprint density at radius 3 is 2.02 bits per heavy atom. The first-order valence-electron chi connectivity index (χ1n) is 18.4. The van der Waals surface area contributed by atoms with Crippen molar-refractivity contribution >= 4 is 29.0 Å². The number of anilines is 1. The second-order valence-electron chi connectivity index (χ2n) is 14.0. The van der Waals surface area contributed by atoms with Crippen molar-refractivity contribution in [3.8, 4) is 0 Å². The summed E-state index contributed by atoms with van der Waals surface area (Å²) in [6, 6.07) is 28.9. The van der Waals surface area contributed by atoms with E-state index in [1.807, 2.05) is 30.3 Å². The zero-order valence-corrected chi connectivity index (χ0v) is 31.7. The second kappa shape index (κ2) is 17.6. The molecular formula is C44H36F6N4NiO3. The predicted octanol–water partition coefficient (Wildman–Crippen LogP) is 7.54. The van der Waals surface area contributed by atoms with E-state index in [1.165, 1.54) is 4.90 Å². The summed E-state index contributed by atoms with van der Waals surface area (Å²) in [5, 5.41) is 27.3. The molecule has 0 aromatic heterocycles. The first-order valence-corrected chi connectivity index (χ1v) is 18.4. The van der Waals surface area contributed by atoms with E-state index in [2.05, 4.69) is 9.89 Å². The molecule has 302 valence electrons. The van der Waals surface area contributed by atoms with Crippen molar-refractivity contribution in [1.29, 1.82) is 0 Å². The minimum atomic E-state index is -5.13. The van der Waals surface area contributed by atoms with Crippen molar-refractivity contribution < 1.29 is 57.8 Å². The van der Waals surface area contributed by atoms with E-state index in [0.717, 1.165) is 12.0 Å². The summed E-state index contributed by atoms with van der Waals surface area (Å²) in [4.78, 5) is 26.0. The molecule has 2 aliphatic heterocycles. The number of alkyl halides is 6. The van der Waals surface area contributed by atoms with Gasteiger partial charge in [0.2, 0.25) is 0 Å². The number of rotatable bonds is 10. The number of fused-ring (bicyclic) bond motifs is 1. The Morgan fingerprint density at radius 2 is 1.36 bits per heavy atom. The zero-order chi connectivity index (χ0) is 40.3. The number of aliphatic imine (C=N–C) groups is 2. The Balaban J connectivity index is 0.00000567. The summed E-state index contributed by atoms with van der Waals surface area (Å²) in [5.41, 5.74) is -0.463. The molecule has 1 fully saturated rings. The Morgan fingerprint density at radius 1 is 0.759 bits per heavy atom. The molecule has 0 spiro atoms. The van der Waals surface area contributed by atoms with Crippen molar-refractivity contribution in [2.75, 3.05) is 18.0 Å². The van der Waals surface area contributed by atoms with Gasteiger partial charge in [0.1, 0.15) is 6.04 Å². The van der Waals surface area contributed by atoms with Gasteiger partial charge in [-0.2, -0.15) is 26.3 Å². The van der Waals surface area contributed by atoms with Gasteiger partial charge in [-0.1, -0.05) is 103 Å². The number of carbonyl (C=O) groups is 1. The maximum absolute atomic E-state index is 14.1. The topological polar surface area (TPSA) is 94.4 Å². The van der Waals surface area contributed by atoms with Gasteiger partial charge in [0.05, 0.1) is 34.5 Å². The third-order valence-electron chi connectivity index (χ3n) is 10.4. The molecule has 0 bridgehead atoms. The van der Waals surface area contributed by atoms with Crippen LogP contribution in [0.15, 0.2) is 137 Å². The fraction of sp³-hybridized carbons (Fsp3) is 0.250. The fourth-order valence-electron chi connectivity index (χ4n) is 7.70. The largest absolute Gasteiger partial charge is 2.00 e. The standard InChI is InChI=1S/C44H38F6N4O3.Ni/c45-43(46,47)31-24-32(44(48,49)50)26-33(25-31)54-23-21-29-14-7-8-17-34(29)40(54)39(42(56)57)52-38(30-15-5-2-6-16-30)35-18-9-10-19-36(35)51-41(55)37-20-11-22-53(37)27-28-12-3-1-4-13-28;/h1-10,12-19,24-26,37,39-40H,11,20-23,27H2,(H,51,55)(H,56,57);/q;+2/p-2/t37-,39-,40+;/m0./s1. The molecule has 0 radical (unpaired) electrons. The number of halogens is 6. The average molecular weight is 841 g/mol. The van der Waals surface area contributed by atoms with Gasteiger partial charge >= 0.3 is 28.8 Å². The molecule has 58 heavy (non-hydrogen) atoms. The quantitative estimate of drug-likeness (QED) is 0.0628. The number of carboxylic acids is 1. The van der Waals surface area contributed by atoms with Crippen LogP contribution < -0.4 is 15.1 Å². The normalized spacial score (nSPS) is 18.3. The van der Waals surface area contributed by atoms with E-state index < -0.39 is 59.2 Å². The van der Waals surface area contributed by atoms with Crippen LogP contribution in [0, 0.1) is 0 Å². The van der Waals surface area contributed by atoms with Gasteiger partial charge in [-0.05, 0) is 72.7 Å². The summed E-state index contributed by atoms with van der Waals surface area (Å²) in [6.07, 6.45) is -8.68. The SMILES string of the molecule is O=C([O-])[C@@H](N=C(c1ccccc1)c1ccccc1N=C([O-])[C@@H]1CCCN1Cc1ccccc1)[C@H]1c2ccccc2CCN1c1cc(C(F)(F)F)cc(C(F)(F)F)c1.[Ni+2]. The summed E-state index contributed by atoms with van der Waals surface area (Å²) < 4.78 is 84.4. The van der Waals surface area contributed by atoms with Crippen LogP contribution in [0.5, 0.6) is 0 Å². The van der Waals surface area contributed by atoms with Crippen LogP contribution >= 0.6 is 0 Å². The van der Waals surface area contributed by atoms with E-state index >= 15 is 0 Å². The van der Waals surface area contributed by atoms with Gasteiger partial charge in [-0.15, -0.1) is 0 Å². The molecule has 0 aliphatic carbocycles. The number of aliphatic carboxylic acids is 1. The summed E-state index contributed by atoms with van der Waals surface area (Å²) in [6.45, 7) is 1.12. The molecule has 7 rings (SSSR count). The molecule has 2 heterocycles. The van der Waals surface area contributed by atoms with Crippen molar-refractivity contribution in [3.05, 3.63) is 166 Å². The minimum Gasteiger partial charge on any atom is -0.861 e. The van der Waals surface area contributed by atoms with Gasteiger partial charge in [0.15, 0.2) is 0 Å². The summed E-state index contributed by atoms with van der Waals surface area (Å²) in [7, 11) is 0. The average Bonchev–Trinajstić information content (AvgIpc) is 3.66. The Bertz CT molecular complexity index is 2250. The van der Waals surface area contributed by atoms with Crippen LogP contribution in [0.25, 0.3) is 0 Å². The number of likely N-dealkylation sites (tertiary alicyclic amines) is 1. The molecule has 5 aromatic carbocycles. The van der Waals surface area contributed by atoms with Gasteiger partial charge < -0.3 is 19.9 Å². The maximum Gasteiger partial charge on any atom is 2.00 e. The van der Waals surface area contributed by atoms with Crippen LogP contribution in [-0.2, 0) is 46.6 Å². The van der Waals surface area contributed by atoms with Crippen LogP contribution in [0.2, 0.25) is 0 Å². The Labute approximate surface area is 341 Å². The number of para-hydroxylation sites is 1. The molecule has 0 saturated carbocycles. The second-order valence-corrected chi connectivity index (χ2v) is 14.0. The third-order valence-corrected chi connectivity index (χ3v) is 10.4. The molecule has 14 heteroatoms. The van der Waals surface area contributed by atoms with Gasteiger partial charge in [-0.25, -0.2) is 0 Å². The number of nitrogens with zero attached hydrogens (tertiary/aromatic N) is 4. The monoisotopic (exact) mass is 840 g/mol. The first-order chi connectivity index (χ1) is 27.3. The molecule has 5 aromatic rings. The van der Waals surface area contributed by atoms with Gasteiger partial charge in [-0.3, -0.25) is 14.9 Å². The van der Waals surface area contributed by atoms with Gasteiger partial charge in [0.25, 0.3) is 0 Å². The Kier molecular flexibility index (Phi) is 12.8. The zero-order valence-electron chi connectivity index (χ0n) is 30.7. The van der Waals surface area contributed by atoms with Crippen LogP contribution in [0.3, 0.4) is 0 Å². The number of benzene rings is 5. The number of hydrogen-bond donors (Lipinski definition) is 0. The summed E-state index contributed by atoms with van der Waals surface area (Å²) in [5.74, 6) is -2.11. The van der Waals surface area contributed by atoms with Crippen molar-refractivity contribution in [1.82, 2.24) is 4.90 Å². The van der Waals surface area contributed by atoms with Crippen LogP contribution in [0.1, 0.15) is 57.8 Å². The maximum atomic E-state index is 14.1. The van der Waals surface area contributed by atoms with Gasteiger partial charge in [0, 0.05) is 35.9 Å². The van der Waals surface area contributed by atoms with E-state index in [-0.39, 0.29) is 46.9 Å². The predicted molar refractivity (Wildman–Crippen MR) is 201 cm³/mol. The molecule has 7 nitrogen and oxygen atoms in total. The Hall–Kier alpha value is -5.46. The molecule has 0 amide bonds. The molecule has 2 aliphatic rings. The van der Waals surface area contributed by atoms with Crippen molar-refractivity contribution in [3.63, 3.8) is 0 Å². The molecule has 0 unspecified atom stereocenters. The van der Waals surface area contributed by atoms with Crippen molar-refractivity contribution in [2.45, 2.75) is 56.3 Å². The molecule has 3 atom stereocenters. The molecule has 1 saturated heterocycles. The van der Waals surface area contributed by atoms with Crippen LogP contribution in [-0.4, -0.2) is 47.7 Å².